The third kappa shape index (κ3) is 2.37. The molecule has 4 nitrogen and oxygen atoms in total. The van der Waals surface area contributed by atoms with Gasteiger partial charge in [0, 0.05) is 24.2 Å². The van der Waals surface area contributed by atoms with Crippen molar-refractivity contribution < 1.29 is 0 Å². The van der Waals surface area contributed by atoms with Gasteiger partial charge in [0.05, 0.1) is 5.52 Å². The van der Waals surface area contributed by atoms with E-state index in [1.807, 2.05) is 30.3 Å². The van der Waals surface area contributed by atoms with Gasteiger partial charge in [-0.25, -0.2) is 9.97 Å². The fourth-order valence-electron chi connectivity index (χ4n) is 1.79. The number of benzene rings is 1. The van der Waals surface area contributed by atoms with Gasteiger partial charge in [0.15, 0.2) is 5.82 Å². The molecule has 0 spiro atoms. The van der Waals surface area contributed by atoms with Crippen LogP contribution in [0.15, 0.2) is 35.3 Å². The molecule has 1 aromatic heterocycles. The number of rotatable bonds is 3. The summed E-state index contributed by atoms with van der Waals surface area (Å²) in [5, 5.41) is 0.880. The third-order valence-electron chi connectivity index (χ3n) is 2.58. The van der Waals surface area contributed by atoms with Crippen LogP contribution in [0.3, 0.4) is 0 Å². The van der Waals surface area contributed by atoms with Gasteiger partial charge in [-0.2, -0.15) is 0 Å². The monoisotopic (exact) mass is 240 g/mol. The first-order valence-electron chi connectivity index (χ1n) is 5.91. The molecule has 2 rings (SSSR count). The Morgan fingerprint density at radius 2 is 2.11 bits per heavy atom. The summed E-state index contributed by atoms with van der Waals surface area (Å²) in [5.74, 6) is 1.13. The van der Waals surface area contributed by atoms with E-state index < -0.39 is 0 Å². The van der Waals surface area contributed by atoms with Gasteiger partial charge in [-0.05, 0) is 18.6 Å². The van der Waals surface area contributed by atoms with Gasteiger partial charge >= 0.3 is 0 Å². The van der Waals surface area contributed by atoms with Crippen LogP contribution in [0.4, 0.5) is 5.82 Å². The van der Waals surface area contributed by atoms with E-state index in [0.717, 1.165) is 22.9 Å². The molecule has 0 aliphatic carbocycles. The molecule has 1 heterocycles. The SMILES string of the molecule is CC/C=C(\C=NC)c1nc(N)c2ccccc2n1. The minimum atomic E-state index is 0.502. The normalized spacial score (nSPS) is 12.4. The topological polar surface area (TPSA) is 64.2 Å². The van der Waals surface area contributed by atoms with Crippen LogP contribution in [0.5, 0.6) is 0 Å². The molecule has 0 atom stereocenters. The van der Waals surface area contributed by atoms with Crippen molar-refractivity contribution in [3.8, 4) is 0 Å². The van der Waals surface area contributed by atoms with Gasteiger partial charge in [0.1, 0.15) is 5.82 Å². The Hall–Kier alpha value is -2.23. The molecular weight excluding hydrogens is 224 g/mol. The molecule has 0 amide bonds. The van der Waals surface area contributed by atoms with E-state index in [0.29, 0.717) is 11.6 Å². The summed E-state index contributed by atoms with van der Waals surface area (Å²) in [5.41, 5.74) is 7.72. The molecule has 1 aromatic carbocycles. The lowest BCUT2D eigenvalue weighted by Gasteiger charge is -2.05. The minimum Gasteiger partial charge on any atom is -0.383 e. The highest BCUT2D eigenvalue weighted by Gasteiger charge is 2.07. The molecule has 0 bridgehead atoms. The van der Waals surface area contributed by atoms with Crippen molar-refractivity contribution in [1.82, 2.24) is 9.97 Å². The molecule has 0 aliphatic heterocycles. The molecule has 0 aliphatic rings. The zero-order chi connectivity index (χ0) is 13.0. The highest BCUT2D eigenvalue weighted by Crippen LogP contribution is 2.20. The van der Waals surface area contributed by atoms with E-state index in [9.17, 15) is 0 Å². The highest BCUT2D eigenvalue weighted by atomic mass is 14.9. The minimum absolute atomic E-state index is 0.502. The van der Waals surface area contributed by atoms with Crippen LogP contribution >= 0.6 is 0 Å². The predicted molar refractivity (Wildman–Crippen MR) is 76.6 cm³/mol. The van der Waals surface area contributed by atoms with E-state index in [1.54, 1.807) is 13.3 Å². The maximum absolute atomic E-state index is 5.96. The van der Waals surface area contributed by atoms with E-state index in [2.05, 4.69) is 21.9 Å². The first kappa shape index (κ1) is 12.2. The lowest BCUT2D eigenvalue weighted by molar-refractivity contribution is 1.16. The van der Waals surface area contributed by atoms with Crippen molar-refractivity contribution in [3.05, 3.63) is 36.2 Å². The fraction of sp³-hybridized carbons (Fsp3) is 0.214. The Morgan fingerprint density at radius 1 is 1.33 bits per heavy atom. The van der Waals surface area contributed by atoms with Crippen molar-refractivity contribution in [3.63, 3.8) is 0 Å². The van der Waals surface area contributed by atoms with Crippen molar-refractivity contribution in [1.29, 1.82) is 0 Å². The first-order chi connectivity index (χ1) is 8.76. The van der Waals surface area contributed by atoms with Crippen molar-refractivity contribution >= 4 is 28.5 Å². The van der Waals surface area contributed by atoms with Crippen molar-refractivity contribution in [2.75, 3.05) is 12.8 Å². The summed E-state index contributed by atoms with van der Waals surface area (Å²) < 4.78 is 0. The van der Waals surface area contributed by atoms with E-state index >= 15 is 0 Å². The molecule has 0 saturated heterocycles. The predicted octanol–water partition coefficient (Wildman–Crippen LogP) is 2.71. The number of hydrogen-bond acceptors (Lipinski definition) is 4. The van der Waals surface area contributed by atoms with Crippen LogP contribution in [-0.4, -0.2) is 23.2 Å². The lowest BCUT2D eigenvalue weighted by atomic mass is 10.2. The van der Waals surface area contributed by atoms with Crippen LogP contribution in [-0.2, 0) is 0 Å². The van der Waals surface area contributed by atoms with Gasteiger partial charge in [-0.15, -0.1) is 0 Å². The molecule has 4 heteroatoms. The quantitative estimate of drug-likeness (QED) is 0.839. The number of aromatic nitrogens is 2. The zero-order valence-electron chi connectivity index (χ0n) is 10.6. The summed E-state index contributed by atoms with van der Waals surface area (Å²) in [6, 6.07) is 7.72. The van der Waals surface area contributed by atoms with Gasteiger partial charge in [0.25, 0.3) is 0 Å². The standard InChI is InChI=1S/C14H16N4/c1-3-6-10(9-16-2)14-17-12-8-5-4-7-11(12)13(15)18-14/h4-9H,3H2,1-2H3,(H2,15,17,18)/b10-6+,16-9?. The van der Waals surface area contributed by atoms with Crippen LogP contribution < -0.4 is 5.73 Å². The van der Waals surface area contributed by atoms with Crippen LogP contribution in [0.1, 0.15) is 19.2 Å². The van der Waals surface area contributed by atoms with Crippen LogP contribution in [0.2, 0.25) is 0 Å². The summed E-state index contributed by atoms with van der Waals surface area (Å²) in [4.78, 5) is 12.9. The van der Waals surface area contributed by atoms with E-state index in [4.69, 9.17) is 5.73 Å². The number of fused-ring (bicyclic) bond motifs is 1. The summed E-state index contributed by atoms with van der Waals surface area (Å²) in [6.45, 7) is 2.06. The number of nitrogens with two attached hydrogens (primary N) is 1. The number of para-hydroxylation sites is 1. The Morgan fingerprint density at radius 3 is 2.83 bits per heavy atom. The third-order valence-corrected chi connectivity index (χ3v) is 2.58. The smallest absolute Gasteiger partial charge is 0.163 e. The Bertz CT molecular complexity index is 614. The number of allylic oxidation sites excluding steroid dienone is 2. The second-order valence-corrected chi connectivity index (χ2v) is 3.90. The molecule has 0 fully saturated rings. The van der Waals surface area contributed by atoms with Gasteiger partial charge in [-0.3, -0.25) is 4.99 Å². The number of anilines is 1. The molecule has 18 heavy (non-hydrogen) atoms. The molecular formula is C14H16N4. The van der Waals surface area contributed by atoms with Crippen LogP contribution in [0.25, 0.3) is 16.5 Å². The van der Waals surface area contributed by atoms with Crippen LogP contribution in [0, 0.1) is 0 Å². The number of hydrogen-bond donors (Lipinski definition) is 1. The molecule has 2 aromatic rings. The fourth-order valence-corrected chi connectivity index (χ4v) is 1.79. The molecule has 0 unspecified atom stereocenters. The summed E-state index contributed by atoms with van der Waals surface area (Å²) in [6.07, 6.45) is 4.70. The van der Waals surface area contributed by atoms with Crippen molar-refractivity contribution in [2.45, 2.75) is 13.3 Å². The summed E-state index contributed by atoms with van der Waals surface area (Å²) >= 11 is 0. The largest absolute Gasteiger partial charge is 0.383 e. The number of nitrogens with zero attached hydrogens (tertiary/aromatic N) is 3. The second-order valence-electron chi connectivity index (χ2n) is 3.90. The Kier molecular flexibility index (Phi) is 3.67. The first-order valence-corrected chi connectivity index (χ1v) is 5.91. The lowest BCUT2D eigenvalue weighted by Crippen LogP contribution is -2.01. The molecule has 0 radical (unpaired) electrons. The van der Waals surface area contributed by atoms with Gasteiger partial charge in [0.2, 0.25) is 0 Å². The van der Waals surface area contributed by atoms with Gasteiger partial charge < -0.3 is 5.73 Å². The Labute approximate surface area is 106 Å². The maximum Gasteiger partial charge on any atom is 0.163 e. The highest BCUT2D eigenvalue weighted by molar-refractivity contribution is 6.09. The average Bonchev–Trinajstić information content (AvgIpc) is 2.38. The van der Waals surface area contributed by atoms with E-state index in [-0.39, 0.29) is 0 Å². The molecule has 0 saturated carbocycles. The second kappa shape index (κ2) is 5.40. The van der Waals surface area contributed by atoms with Gasteiger partial charge in [-0.1, -0.05) is 25.1 Å². The van der Waals surface area contributed by atoms with E-state index in [1.165, 1.54) is 0 Å². The molecule has 92 valence electrons. The zero-order valence-corrected chi connectivity index (χ0v) is 10.6. The summed E-state index contributed by atoms with van der Waals surface area (Å²) in [7, 11) is 1.73. The number of nitrogen functional groups attached to an aromatic ring is 1. The van der Waals surface area contributed by atoms with Crippen molar-refractivity contribution in [2.24, 2.45) is 4.99 Å². The average molecular weight is 240 g/mol. The molecule has 2 N–H and O–H groups in total. The Balaban J connectivity index is 2.61. The number of aliphatic imine (C=N–C) groups is 1. The maximum atomic E-state index is 5.96.